The van der Waals surface area contributed by atoms with Crippen molar-refractivity contribution in [3.05, 3.63) is 29.8 Å². The molecule has 1 aromatic carbocycles. The van der Waals surface area contributed by atoms with Crippen LogP contribution in [0.25, 0.3) is 0 Å². The Bertz CT molecular complexity index is 431. The first-order valence-electron chi connectivity index (χ1n) is 7.63. The van der Waals surface area contributed by atoms with Crippen molar-refractivity contribution in [2.75, 3.05) is 20.3 Å². The highest BCUT2D eigenvalue weighted by atomic mass is 16.5. The van der Waals surface area contributed by atoms with Gasteiger partial charge in [-0.3, -0.25) is 0 Å². The molecule has 2 unspecified atom stereocenters. The minimum atomic E-state index is -0.00957. The zero-order valence-electron chi connectivity index (χ0n) is 13.0. The number of rotatable bonds is 5. The Morgan fingerprint density at radius 3 is 2.80 bits per heavy atom. The van der Waals surface area contributed by atoms with Crippen molar-refractivity contribution in [2.45, 2.75) is 44.6 Å². The molecule has 3 N–H and O–H groups in total. The van der Waals surface area contributed by atoms with Crippen molar-refractivity contribution >= 4 is 0 Å². The first-order chi connectivity index (χ1) is 9.57. The van der Waals surface area contributed by atoms with Crippen molar-refractivity contribution in [3.63, 3.8) is 0 Å². The molecule has 2 rings (SSSR count). The van der Waals surface area contributed by atoms with Crippen molar-refractivity contribution in [2.24, 2.45) is 5.92 Å². The lowest BCUT2D eigenvalue weighted by Crippen LogP contribution is -2.51. The minimum Gasteiger partial charge on any atom is -0.496 e. The lowest BCUT2D eigenvalue weighted by Gasteiger charge is -2.39. The highest BCUT2D eigenvalue weighted by Gasteiger charge is 2.35. The molecule has 1 aliphatic heterocycles. The molecule has 112 valence electrons. The van der Waals surface area contributed by atoms with Gasteiger partial charge in [0, 0.05) is 13.0 Å². The fourth-order valence-corrected chi connectivity index (χ4v) is 3.46. The Morgan fingerprint density at radius 1 is 1.40 bits per heavy atom. The van der Waals surface area contributed by atoms with Crippen LogP contribution in [0.3, 0.4) is 0 Å². The van der Waals surface area contributed by atoms with E-state index in [1.54, 1.807) is 7.11 Å². The van der Waals surface area contributed by atoms with E-state index in [-0.39, 0.29) is 5.60 Å². The molecule has 0 aliphatic carbocycles. The van der Waals surface area contributed by atoms with Crippen LogP contribution in [0.5, 0.6) is 5.75 Å². The highest BCUT2D eigenvalue weighted by molar-refractivity contribution is 5.36. The summed E-state index contributed by atoms with van der Waals surface area (Å²) in [5, 5.41) is 0. The van der Waals surface area contributed by atoms with Crippen LogP contribution < -0.4 is 10.5 Å². The SMILES string of the molecule is COc1ccccc1C(CC[NH3+])C1CCOC(C)(C)C1. The number of ether oxygens (including phenoxy) is 2. The Balaban J connectivity index is 2.26. The standard InChI is InChI=1S/C17H27NO2/c1-17(2)12-13(9-11-20-17)14(8-10-18)15-6-4-5-7-16(15)19-3/h4-7,13-14H,8-12,18H2,1-3H3/p+1. The molecule has 3 nitrogen and oxygen atoms in total. The third-order valence-corrected chi connectivity index (χ3v) is 4.36. The summed E-state index contributed by atoms with van der Waals surface area (Å²) >= 11 is 0. The van der Waals surface area contributed by atoms with Gasteiger partial charge in [-0.2, -0.15) is 0 Å². The molecule has 0 amide bonds. The van der Waals surface area contributed by atoms with Crippen LogP contribution in [0.2, 0.25) is 0 Å². The van der Waals surface area contributed by atoms with Gasteiger partial charge >= 0.3 is 0 Å². The van der Waals surface area contributed by atoms with Crippen LogP contribution in [0.4, 0.5) is 0 Å². The quantitative estimate of drug-likeness (QED) is 0.900. The summed E-state index contributed by atoms with van der Waals surface area (Å²) < 4.78 is 11.4. The molecule has 1 saturated heterocycles. The third kappa shape index (κ3) is 3.53. The zero-order valence-corrected chi connectivity index (χ0v) is 13.0. The van der Waals surface area contributed by atoms with Gasteiger partial charge in [0.2, 0.25) is 0 Å². The lowest BCUT2D eigenvalue weighted by molar-refractivity contribution is -0.369. The van der Waals surface area contributed by atoms with E-state index < -0.39 is 0 Å². The Kier molecular flexibility index (Phi) is 5.06. The molecule has 2 atom stereocenters. The molecule has 0 saturated carbocycles. The molecule has 0 bridgehead atoms. The van der Waals surface area contributed by atoms with E-state index in [9.17, 15) is 0 Å². The molecular weight excluding hydrogens is 250 g/mol. The molecule has 0 spiro atoms. The van der Waals surface area contributed by atoms with E-state index >= 15 is 0 Å². The molecule has 1 heterocycles. The largest absolute Gasteiger partial charge is 0.496 e. The van der Waals surface area contributed by atoms with Gasteiger partial charge in [-0.15, -0.1) is 0 Å². The number of benzene rings is 1. The minimum absolute atomic E-state index is 0.00957. The lowest BCUT2D eigenvalue weighted by atomic mass is 9.75. The fourth-order valence-electron chi connectivity index (χ4n) is 3.46. The summed E-state index contributed by atoms with van der Waals surface area (Å²) in [4.78, 5) is 0. The zero-order chi connectivity index (χ0) is 14.6. The second-order valence-electron chi connectivity index (χ2n) is 6.35. The number of quaternary nitrogens is 1. The predicted molar refractivity (Wildman–Crippen MR) is 80.9 cm³/mol. The molecular formula is C17H28NO2+. The van der Waals surface area contributed by atoms with E-state index in [0.717, 1.165) is 38.2 Å². The van der Waals surface area contributed by atoms with Crippen LogP contribution in [-0.4, -0.2) is 25.9 Å². The van der Waals surface area contributed by atoms with E-state index in [2.05, 4.69) is 37.8 Å². The monoisotopic (exact) mass is 278 g/mol. The first-order valence-corrected chi connectivity index (χ1v) is 7.63. The predicted octanol–water partition coefficient (Wildman–Crippen LogP) is 2.62. The summed E-state index contributed by atoms with van der Waals surface area (Å²) in [6.45, 7) is 6.21. The highest BCUT2D eigenvalue weighted by Crippen LogP contribution is 2.42. The summed E-state index contributed by atoms with van der Waals surface area (Å²) in [5.41, 5.74) is 5.39. The summed E-state index contributed by atoms with van der Waals surface area (Å²) in [7, 11) is 1.76. The van der Waals surface area contributed by atoms with E-state index in [1.807, 2.05) is 6.07 Å². The Hall–Kier alpha value is -1.06. The van der Waals surface area contributed by atoms with Crippen LogP contribution in [-0.2, 0) is 4.74 Å². The molecule has 1 aromatic rings. The average Bonchev–Trinajstić information content (AvgIpc) is 2.43. The van der Waals surface area contributed by atoms with Crippen molar-refractivity contribution in [1.29, 1.82) is 0 Å². The molecule has 1 fully saturated rings. The smallest absolute Gasteiger partial charge is 0.122 e. The molecule has 20 heavy (non-hydrogen) atoms. The van der Waals surface area contributed by atoms with E-state index in [4.69, 9.17) is 9.47 Å². The number of methoxy groups -OCH3 is 1. The first kappa shape index (κ1) is 15.3. The molecule has 1 aliphatic rings. The van der Waals surface area contributed by atoms with Crippen LogP contribution >= 0.6 is 0 Å². The average molecular weight is 278 g/mol. The molecule has 0 radical (unpaired) electrons. The molecule has 0 aromatic heterocycles. The number of hydrogen-bond donors (Lipinski definition) is 1. The van der Waals surface area contributed by atoms with Gasteiger partial charge in [0.05, 0.1) is 19.3 Å². The number of hydrogen-bond acceptors (Lipinski definition) is 2. The Morgan fingerprint density at radius 2 is 2.15 bits per heavy atom. The summed E-state index contributed by atoms with van der Waals surface area (Å²) in [6.07, 6.45) is 3.35. The van der Waals surface area contributed by atoms with Gasteiger partial charge in [-0.1, -0.05) is 18.2 Å². The van der Waals surface area contributed by atoms with Gasteiger partial charge in [-0.25, -0.2) is 0 Å². The van der Waals surface area contributed by atoms with E-state index in [1.165, 1.54) is 5.56 Å². The topological polar surface area (TPSA) is 46.1 Å². The van der Waals surface area contributed by atoms with Crippen LogP contribution in [0, 0.1) is 5.92 Å². The maximum Gasteiger partial charge on any atom is 0.122 e. The maximum absolute atomic E-state index is 5.87. The second kappa shape index (κ2) is 6.59. The summed E-state index contributed by atoms with van der Waals surface area (Å²) in [5.74, 6) is 2.18. The van der Waals surface area contributed by atoms with Crippen molar-refractivity contribution in [3.8, 4) is 5.75 Å². The fraction of sp³-hybridized carbons (Fsp3) is 0.647. The van der Waals surface area contributed by atoms with Gasteiger partial charge in [-0.05, 0) is 50.2 Å². The normalized spacial score (nSPS) is 23.3. The van der Waals surface area contributed by atoms with Crippen molar-refractivity contribution in [1.82, 2.24) is 0 Å². The summed E-state index contributed by atoms with van der Waals surface area (Å²) in [6, 6.07) is 8.42. The Labute approximate surface area is 122 Å². The van der Waals surface area contributed by atoms with Gasteiger partial charge < -0.3 is 15.2 Å². The second-order valence-corrected chi connectivity index (χ2v) is 6.35. The van der Waals surface area contributed by atoms with Crippen molar-refractivity contribution < 1.29 is 15.2 Å². The van der Waals surface area contributed by atoms with E-state index in [0.29, 0.717) is 11.8 Å². The van der Waals surface area contributed by atoms with Crippen LogP contribution in [0.1, 0.15) is 44.6 Å². The van der Waals surface area contributed by atoms with Gasteiger partial charge in [0.15, 0.2) is 0 Å². The van der Waals surface area contributed by atoms with Gasteiger partial charge in [0.1, 0.15) is 5.75 Å². The third-order valence-electron chi connectivity index (χ3n) is 4.36. The maximum atomic E-state index is 5.87. The number of para-hydroxylation sites is 1. The molecule has 3 heteroatoms. The van der Waals surface area contributed by atoms with Crippen LogP contribution in [0.15, 0.2) is 24.3 Å². The van der Waals surface area contributed by atoms with Gasteiger partial charge in [0.25, 0.3) is 0 Å².